The summed E-state index contributed by atoms with van der Waals surface area (Å²) in [5.41, 5.74) is 2.60. The standard InChI is InChI=1S/C23H28N2O3/c1-3-16(2)20(15-26)24-22(27)21(13-17-9-5-4-6-10-17)25-14-18-11-7-8-12-19(18)23(25)28/h4-12,16,20-21,26H,3,13-15H2,1-2H3,(H,24,27)/t16-,20-,21+/m1/s1. The first kappa shape index (κ1) is 20.1. The third-order valence-corrected chi connectivity index (χ3v) is 5.66. The molecule has 5 heteroatoms. The van der Waals surface area contributed by atoms with Gasteiger partial charge in [0.2, 0.25) is 5.91 Å². The van der Waals surface area contributed by atoms with Gasteiger partial charge in [0, 0.05) is 18.5 Å². The number of aliphatic hydroxyl groups is 1. The number of nitrogens with zero attached hydrogens (tertiary/aromatic N) is 1. The van der Waals surface area contributed by atoms with Crippen molar-refractivity contribution in [1.29, 1.82) is 0 Å². The van der Waals surface area contributed by atoms with Crippen molar-refractivity contribution in [3.8, 4) is 0 Å². The number of carbonyl (C=O) groups excluding carboxylic acids is 2. The molecule has 0 saturated heterocycles. The van der Waals surface area contributed by atoms with Gasteiger partial charge in [0.25, 0.3) is 5.91 Å². The van der Waals surface area contributed by atoms with Crippen molar-refractivity contribution in [2.24, 2.45) is 5.92 Å². The maximum atomic E-state index is 13.2. The highest BCUT2D eigenvalue weighted by Crippen LogP contribution is 2.26. The Balaban J connectivity index is 1.85. The van der Waals surface area contributed by atoms with E-state index in [0.717, 1.165) is 17.5 Å². The van der Waals surface area contributed by atoms with Crippen LogP contribution in [0.2, 0.25) is 0 Å². The Bertz CT molecular complexity index is 822. The first-order chi connectivity index (χ1) is 13.5. The van der Waals surface area contributed by atoms with Crippen molar-refractivity contribution in [3.63, 3.8) is 0 Å². The minimum absolute atomic E-state index is 0.115. The Labute approximate surface area is 166 Å². The monoisotopic (exact) mass is 380 g/mol. The number of aliphatic hydroxyl groups excluding tert-OH is 1. The third kappa shape index (κ3) is 4.25. The molecule has 3 rings (SSSR count). The summed E-state index contributed by atoms with van der Waals surface area (Å²) in [6.45, 7) is 4.34. The van der Waals surface area contributed by atoms with E-state index in [0.29, 0.717) is 18.5 Å². The normalized spacial score (nSPS) is 16.4. The fourth-order valence-electron chi connectivity index (χ4n) is 3.64. The lowest BCUT2D eigenvalue weighted by Crippen LogP contribution is -2.53. The number of amides is 2. The number of fused-ring (bicyclic) bond motifs is 1. The van der Waals surface area contributed by atoms with E-state index in [1.165, 1.54) is 0 Å². The van der Waals surface area contributed by atoms with E-state index >= 15 is 0 Å². The molecular weight excluding hydrogens is 352 g/mol. The van der Waals surface area contributed by atoms with Gasteiger partial charge in [0.15, 0.2) is 0 Å². The van der Waals surface area contributed by atoms with E-state index in [2.05, 4.69) is 5.32 Å². The summed E-state index contributed by atoms with van der Waals surface area (Å²) in [5, 5.41) is 12.7. The molecule has 0 aromatic heterocycles. The Morgan fingerprint density at radius 1 is 1.14 bits per heavy atom. The number of rotatable bonds is 8. The largest absolute Gasteiger partial charge is 0.394 e. The van der Waals surface area contributed by atoms with Crippen LogP contribution in [0.5, 0.6) is 0 Å². The maximum absolute atomic E-state index is 13.2. The van der Waals surface area contributed by atoms with Crippen LogP contribution < -0.4 is 5.32 Å². The smallest absolute Gasteiger partial charge is 0.255 e. The van der Waals surface area contributed by atoms with Crippen LogP contribution in [0.4, 0.5) is 0 Å². The van der Waals surface area contributed by atoms with Gasteiger partial charge in [0.1, 0.15) is 6.04 Å². The number of hydrogen-bond acceptors (Lipinski definition) is 3. The average Bonchev–Trinajstić information content (AvgIpc) is 3.06. The summed E-state index contributed by atoms with van der Waals surface area (Å²) >= 11 is 0. The molecule has 3 atom stereocenters. The highest BCUT2D eigenvalue weighted by Gasteiger charge is 2.37. The molecule has 2 N–H and O–H groups in total. The van der Waals surface area contributed by atoms with Crippen LogP contribution in [0.15, 0.2) is 54.6 Å². The van der Waals surface area contributed by atoms with Crippen LogP contribution in [0.25, 0.3) is 0 Å². The summed E-state index contributed by atoms with van der Waals surface area (Å²) in [4.78, 5) is 27.8. The van der Waals surface area contributed by atoms with E-state index in [4.69, 9.17) is 0 Å². The molecule has 1 aliphatic heterocycles. The molecule has 0 radical (unpaired) electrons. The first-order valence-electron chi connectivity index (χ1n) is 9.89. The van der Waals surface area contributed by atoms with E-state index in [-0.39, 0.29) is 30.4 Å². The second kappa shape index (κ2) is 9.02. The van der Waals surface area contributed by atoms with Crippen LogP contribution in [0.3, 0.4) is 0 Å². The molecule has 5 nitrogen and oxygen atoms in total. The molecule has 1 aliphatic rings. The summed E-state index contributed by atoms with van der Waals surface area (Å²) in [5.74, 6) is -0.182. The fourth-order valence-corrected chi connectivity index (χ4v) is 3.64. The third-order valence-electron chi connectivity index (χ3n) is 5.66. The molecule has 0 aliphatic carbocycles. The zero-order chi connectivity index (χ0) is 20.1. The summed E-state index contributed by atoms with van der Waals surface area (Å²) in [7, 11) is 0. The zero-order valence-corrected chi connectivity index (χ0v) is 16.5. The number of benzene rings is 2. The van der Waals surface area contributed by atoms with Crippen molar-refractivity contribution < 1.29 is 14.7 Å². The van der Waals surface area contributed by atoms with Crippen LogP contribution in [0.1, 0.15) is 41.8 Å². The lowest BCUT2D eigenvalue weighted by Gasteiger charge is -2.30. The minimum Gasteiger partial charge on any atom is -0.394 e. The Hall–Kier alpha value is -2.66. The van der Waals surface area contributed by atoms with Gasteiger partial charge in [-0.15, -0.1) is 0 Å². The molecule has 0 bridgehead atoms. The van der Waals surface area contributed by atoms with Gasteiger partial charge in [-0.3, -0.25) is 9.59 Å². The van der Waals surface area contributed by atoms with Gasteiger partial charge < -0.3 is 15.3 Å². The molecule has 2 aromatic carbocycles. The van der Waals surface area contributed by atoms with Crippen LogP contribution in [-0.4, -0.2) is 40.5 Å². The van der Waals surface area contributed by atoms with E-state index < -0.39 is 6.04 Å². The molecule has 2 amide bonds. The number of hydrogen-bond donors (Lipinski definition) is 2. The molecule has 148 valence electrons. The molecule has 0 unspecified atom stereocenters. The summed E-state index contributed by atoms with van der Waals surface area (Å²) in [6.07, 6.45) is 1.29. The predicted octanol–water partition coefficient (Wildman–Crippen LogP) is 2.78. The van der Waals surface area contributed by atoms with Crippen molar-refractivity contribution in [3.05, 3.63) is 71.3 Å². The molecular formula is C23H28N2O3. The van der Waals surface area contributed by atoms with E-state index in [1.54, 1.807) is 4.90 Å². The summed E-state index contributed by atoms with van der Waals surface area (Å²) in [6, 6.07) is 16.3. The predicted molar refractivity (Wildman–Crippen MR) is 109 cm³/mol. The van der Waals surface area contributed by atoms with Gasteiger partial charge in [-0.05, 0) is 23.1 Å². The summed E-state index contributed by atoms with van der Waals surface area (Å²) < 4.78 is 0. The average molecular weight is 380 g/mol. The van der Waals surface area contributed by atoms with Gasteiger partial charge in [-0.25, -0.2) is 0 Å². The fraction of sp³-hybridized carbons (Fsp3) is 0.391. The highest BCUT2D eigenvalue weighted by molar-refractivity contribution is 6.01. The lowest BCUT2D eigenvalue weighted by atomic mass is 9.98. The second-order valence-corrected chi connectivity index (χ2v) is 7.48. The quantitative estimate of drug-likeness (QED) is 0.740. The number of carbonyl (C=O) groups is 2. The SMILES string of the molecule is CC[C@@H](C)[C@@H](CO)NC(=O)[C@H](Cc1ccccc1)N1Cc2ccccc2C1=O. The molecule has 28 heavy (non-hydrogen) atoms. The molecule has 0 spiro atoms. The van der Waals surface area contributed by atoms with Crippen molar-refractivity contribution >= 4 is 11.8 Å². The molecule has 1 heterocycles. The Morgan fingerprint density at radius 2 is 1.82 bits per heavy atom. The Kier molecular flexibility index (Phi) is 6.47. The van der Waals surface area contributed by atoms with Crippen LogP contribution in [0, 0.1) is 5.92 Å². The molecule has 2 aromatic rings. The van der Waals surface area contributed by atoms with Gasteiger partial charge >= 0.3 is 0 Å². The molecule has 0 saturated carbocycles. The minimum atomic E-state index is -0.625. The van der Waals surface area contributed by atoms with E-state index in [1.807, 2.05) is 68.4 Å². The van der Waals surface area contributed by atoms with Crippen LogP contribution >= 0.6 is 0 Å². The maximum Gasteiger partial charge on any atom is 0.255 e. The second-order valence-electron chi connectivity index (χ2n) is 7.48. The van der Waals surface area contributed by atoms with Gasteiger partial charge in [0.05, 0.1) is 12.6 Å². The topological polar surface area (TPSA) is 69.6 Å². The Morgan fingerprint density at radius 3 is 2.46 bits per heavy atom. The molecule has 0 fully saturated rings. The first-order valence-corrected chi connectivity index (χ1v) is 9.89. The van der Waals surface area contributed by atoms with Crippen molar-refractivity contribution in [2.75, 3.05) is 6.61 Å². The van der Waals surface area contributed by atoms with Gasteiger partial charge in [-0.2, -0.15) is 0 Å². The zero-order valence-electron chi connectivity index (χ0n) is 16.5. The highest BCUT2D eigenvalue weighted by atomic mass is 16.3. The lowest BCUT2D eigenvalue weighted by molar-refractivity contribution is -0.127. The van der Waals surface area contributed by atoms with Crippen molar-refractivity contribution in [1.82, 2.24) is 10.2 Å². The van der Waals surface area contributed by atoms with Crippen molar-refractivity contribution in [2.45, 2.75) is 45.3 Å². The van der Waals surface area contributed by atoms with E-state index in [9.17, 15) is 14.7 Å². The van der Waals surface area contributed by atoms with Gasteiger partial charge in [-0.1, -0.05) is 68.8 Å². The van der Waals surface area contributed by atoms with Crippen LogP contribution in [-0.2, 0) is 17.8 Å². The number of nitrogens with one attached hydrogen (secondary N) is 1.